The second-order valence-electron chi connectivity index (χ2n) is 9.23. The van der Waals surface area contributed by atoms with Crippen LogP contribution in [0.5, 0.6) is 0 Å². The SMILES string of the molecule is COC(=O)CN1C(=O)C(C)(C)c2cc(Nc3nc(N4CCCC4)nc4[nH]c(C)cc34)ccc21. The lowest BCUT2D eigenvalue weighted by Crippen LogP contribution is -2.39. The smallest absolute Gasteiger partial charge is 0.325 e. The van der Waals surface area contributed by atoms with Gasteiger partial charge in [-0.05, 0) is 63.4 Å². The molecule has 2 N–H and O–H groups in total. The lowest BCUT2D eigenvalue weighted by atomic mass is 9.86. The van der Waals surface area contributed by atoms with Crippen LogP contribution in [-0.4, -0.2) is 53.6 Å². The molecule has 9 heteroatoms. The number of esters is 1. The quantitative estimate of drug-likeness (QED) is 0.577. The normalized spacial score (nSPS) is 17.0. The summed E-state index contributed by atoms with van der Waals surface area (Å²) >= 11 is 0. The number of nitrogens with zero attached hydrogens (tertiary/aromatic N) is 4. The Bertz CT molecular complexity index is 1260. The molecule has 3 aromatic rings. The standard InChI is InChI=1S/C24H28N6O3/c1-14-11-16-20(25-14)27-23(29-9-5-6-10-29)28-21(16)26-15-7-8-18-17(12-15)24(2,3)22(32)30(18)13-19(31)33-4/h7-8,11-12H,5-6,9-10,13H2,1-4H3,(H2,25,26,27,28). The number of fused-ring (bicyclic) bond motifs is 2. The van der Waals surface area contributed by atoms with E-state index < -0.39 is 11.4 Å². The van der Waals surface area contributed by atoms with Crippen LogP contribution < -0.4 is 15.1 Å². The maximum Gasteiger partial charge on any atom is 0.325 e. The first-order chi connectivity index (χ1) is 15.8. The second kappa shape index (κ2) is 7.75. The molecule has 0 atom stereocenters. The first-order valence-electron chi connectivity index (χ1n) is 11.2. The number of aromatic amines is 1. The van der Waals surface area contributed by atoms with Crippen LogP contribution in [0.3, 0.4) is 0 Å². The van der Waals surface area contributed by atoms with Gasteiger partial charge in [-0.3, -0.25) is 9.59 Å². The van der Waals surface area contributed by atoms with Gasteiger partial charge in [0.2, 0.25) is 11.9 Å². The van der Waals surface area contributed by atoms with Crippen LogP contribution in [0.15, 0.2) is 24.3 Å². The number of hydrogen-bond donors (Lipinski definition) is 2. The zero-order valence-electron chi connectivity index (χ0n) is 19.4. The molecule has 2 aliphatic rings. The Balaban J connectivity index is 1.53. The Kier molecular flexibility index (Phi) is 4.99. The Hall–Kier alpha value is -3.62. The van der Waals surface area contributed by atoms with Crippen LogP contribution in [0.25, 0.3) is 11.0 Å². The van der Waals surface area contributed by atoms with Crippen LogP contribution in [-0.2, 0) is 19.7 Å². The lowest BCUT2D eigenvalue weighted by molar-refractivity contribution is -0.140. The van der Waals surface area contributed by atoms with Gasteiger partial charge < -0.3 is 24.8 Å². The van der Waals surface area contributed by atoms with E-state index >= 15 is 0 Å². The highest BCUT2D eigenvalue weighted by atomic mass is 16.5. The van der Waals surface area contributed by atoms with E-state index in [2.05, 4.69) is 15.2 Å². The highest BCUT2D eigenvalue weighted by molar-refractivity contribution is 6.10. The molecule has 5 rings (SSSR count). The van der Waals surface area contributed by atoms with Gasteiger partial charge in [-0.15, -0.1) is 0 Å². The topological polar surface area (TPSA) is 103 Å². The van der Waals surface area contributed by atoms with Crippen molar-refractivity contribution in [3.8, 4) is 0 Å². The van der Waals surface area contributed by atoms with E-state index in [0.29, 0.717) is 5.95 Å². The molecule has 172 valence electrons. The first kappa shape index (κ1) is 21.2. The molecule has 0 radical (unpaired) electrons. The first-order valence-corrected chi connectivity index (χ1v) is 11.2. The predicted molar refractivity (Wildman–Crippen MR) is 127 cm³/mol. The molecule has 0 spiro atoms. The molecule has 0 aliphatic carbocycles. The van der Waals surface area contributed by atoms with E-state index in [0.717, 1.165) is 65.4 Å². The minimum absolute atomic E-state index is 0.104. The fourth-order valence-corrected chi connectivity index (χ4v) is 4.68. The molecule has 9 nitrogen and oxygen atoms in total. The summed E-state index contributed by atoms with van der Waals surface area (Å²) in [6.45, 7) is 7.55. The number of H-pyrrole nitrogens is 1. The number of nitrogens with one attached hydrogen (secondary N) is 2. The van der Waals surface area contributed by atoms with Gasteiger partial charge in [-0.1, -0.05) is 0 Å². The summed E-state index contributed by atoms with van der Waals surface area (Å²) < 4.78 is 4.78. The molecule has 2 aromatic heterocycles. The van der Waals surface area contributed by atoms with E-state index in [1.165, 1.54) is 12.0 Å². The number of carbonyl (C=O) groups is 2. The molecule has 1 amide bonds. The summed E-state index contributed by atoms with van der Waals surface area (Å²) in [6, 6.07) is 7.77. The summed E-state index contributed by atoms with van der Waals surface area (Å²) in [5.74, 6) is 0.863. The third-order valence-electron chi connectivity index (χ3n) is 6.52. The Labute approximate surface area is 192 Å². The lowest BCUT2D eigenvalue weighted by Gasteiger charge is -2.19. The fourth-order valence-electron chi connectivity index (χ4n) is 4.68. The molecule has 4 heterocycles. The monoisotopic (exact) mass is 448 g/mol. The maximum absolute atomic E-state index is 13.0. The van der Waals surface area contributed by atoms with Gasteiger partial charge in [0.25, 0.3) is 0 Å². The number of benzene rings is 1. The molecule has 33 heavy (non-hydrogen) atoms. The van der Waals surface area contributed by atoms with Crippen molar-refractivity contribution in [3.63, 3.8) is 0 Å². The van der Waals surface area contributed by atoms with Crippen LogP contribution in [0.2, 0.25) is 0 Å². The number of anilines is 4. The summed E-state index contributed by atoms with van der Waals surface area (Å²) in [5.41, 5.74) is 3.46. The summed E-state index contributed by atoms with van der Waals surface area (Å²) in [7, 11) is 1.32. The van der Waals surface area contributed by atoms with Crippen molar-refractivity contribution < 1.29 is 14.3 Å². The Morgan fingerprint density at radius 2 is 1.97 bits per heavy atom. The zero-order chi connectivity index (χ0) is 23.3. The number of ether oxygens (including phenoxy) is 1. The highest BCUT2D eigenvalue weighted by Crippen LogP contribution is 2.43. The molecule has 1 fully saturated rings. The molecular weight excluding hydrogens is 420 g/mol. The van der Waals surface area contributed by atoms with Crippen molar-refractivity contribution in [1.29, 1.82) is 0 Å². The predicted octanol–water partition coefficient (Wildman–Crippen LogP) is 3.41. The van der Waals surface area contributed by atoms with Crippen molar-refractivity contribution in [2.75, 3.05) is 41.9 Å². The summed E-state index contributed by atoms with van der Waals surface area (Å²) in [5, 5.41) is 4.37. The molecule has 1 saturated heterocycles. The number of carbonyl (C=O) groups excluding carboxylic acids is 2. The van der Waals surface area contributed by atoms with Gasteiger partial charge in [0.1, 0.15) is 18.0 Å². The molecule has 2 aliphatic heterocycles. The van der Waals surface area contributed by atoms with E-state index in [-0.39, 0.29) is 12.5 Å². The van der Waals surface area contributed by atoms with Gasteiger partial charge in [0, 0.05) is 30.2 Å². The van der Waals surface area contributed by atoms with Crippen LogP contribution in [0.1, 0.15) is 37.9 Å². The molecule has 0 unspecified atom stereocenters. The number of aryl methyl sites for hydroxylation is 1. The molecular formula is C24H28N6O3. The fraction of sp³-hybridized carbons (Fsp3) is 0.417. The minimum atomic E-state index is -0.757. The average molecular weight is 449 g/mol. The van der Waals surface area contributed by atoms with Crippen molar-refractivity contribution >= 4 is 46.1 Å². The number of aromatic nitrogens is 3. The average Bonchev–Trinajstić information content (AvgIpc) is 3.49. The second-order valence-corrected chi connectivity index (χ2v) is 9.23. The zero-order valence-corrected chi connectivity index (χ0v) is 19.4. The molecule has 1 aromatic carbocycles. The van der Waals surface area contributed by atoms with E-state index in [1.807, 2.05) is 45.0 Å². The van der Waals surface area contributed by atoms with E-state index in [9.17, 15) is 9.59 Å². The van der Waals surface area contributed by atoms with E-state index in [4.69, 9.17) is 14.7 Å². The van der Waals surface area contributed by atoms with Gasteiger partial charge in [-0.25, -0.2) is 0 Å². The summed E-state index contributed by atoms with van der Waals surface area (Å²) in [4.78, 5) is 41.5. The number of hydrogen-bond acceptors (Lipinski definition) is 7. The molecule has 0 bridgehead atoms. The summed E-state index contributed by atoms with van der Waals surface area (Å²) in [6.07, 6.45) is 2.29. The number of amides is 1. The van der Waals surface area contributed by atoms with Crippen molar-refractivity contribution in [1.82, 2.24) is 15.0 Å². The van der Waals surface area contributed by atoms with Crippen LogP contribution >= 0.6 is 0 Å². The number of rotatable bonds is 5. The van der Waals surface area contributed by atoms with Crippen molar-refractivity contribution in [2.45, 2.75) is 39.0 Å². The minimum Gasteiger partial charge on any atom is -0.468 e. The third-order valence-corrected chi connectivity index (χ3v) is 6.52. The van der Waals surface area contributed by atoms with Gasteiger partial charge in [0.05, 0.1) is 17.9 Å². The van der Waals surface area contributed by atoms with Gasteiger partial charge >= 0.3 is 5.97 Å². The highest BCUT2D eigenvalue weighted by Gasteiger charge is 2.44. The van der Waals surface area contributed by atoms with Crippen molar-refractivity contribution in [2.24, 2.45) is 0 Å². The third kappa shape index (κ3) is 3.57. The van der Waals surface area contributed by atoms with Crippen LogP contribution in [0.4, 0.5) is 23.1 Å². The Morgan fingerprint density at radius 1 is 1.21 bits per heavy atom. The van der Waals surface area contributed by atoms with Crippen molar-refractivity contribution in [3.05, 3.63) is 35.5 Å². The van der Waals surface area contributed by atoms with Gasteiger partial charge in [-0.2, -0.15) is 9.97 Å². The van der Waals surface area contributed by atoms with Crippen LogP contribution in [0, 0.1) is 6.92 Å². The molecule has 0 saturated carbocycles. The van der Waals surface area contributed by atoms with E-state index in [1.54, 1.807) is 0 Å². The number of methoxy groups -OCH3 is 1. The largest absolute Gasteiger partial charge is 0.468 e. The maximum atomic E-state index is 13.0. The van der Waals surface area contributed by atoms with Gasteiger partial charge in [0.15, 0.2) is 0 Å². The Morgan fingerprint density at radius 3 is 2.70 bits per heavy atom.